The lowest BCUT2D eigenvalue weighted by atomic mass is 9.96. The van der Waals surface area contributed by atoms with Gasteiger partial charge in [-0.25, -0.2) is 0 Å². The van der Waals surface area contributed by atoms with E-state index in [9.17, 15) is 14.7 Å². The zero-order valence-corrected chi connectivity index (χ0v) is 18.7. The highest BCUT2D eigenvalue weighted by molar-refractivity contribution is 6.51. The summed E-state index contributed by atoms with van der Waals surface area (Å²) < 4.78 is 5.15. The van der Waals surface area contributed by atoms with Gasteiger partial charge in [-0.05, 0) is 48.4 Å². The lowest BCUT2D eigenvalue weighted by Crippen LogP contribution is -2.29. The monoisotopic (exact) mass is 468 g/mol. The van der Waals surface area contributed by atoms with E-state index in [0.717, 1.165) is 5.56 Å². The number of hydrogen-bond donors (Lipinski definition) is 1. The van der Waals surface area contributed by atoms with E-state index >= 15 is 0 Å². The molecule has 2 aromatic carbocycles. The van der Waals surface area contributed by atoms with Gasteiger partial charge >= 0.3 is 0 Å². The molecule has 1 atom stereocenters. The largest absolute Gasteiger partial charge is 0.507 e. The Morgan fingerprint density at radius 2 is 1.81 bits per heavy atom. The number of Topliss-reactive ketones (excluding diaryl/α,β-unsaturated/α-hetero) is 1. The fraction of sp³-hybridized carbons (Fsp3) is 0.125. The molecule has 2 heterocycles. The van der Waals surface area contributed by atoms with Crippen molar-refractivity contribution < 1.29 is 19.4 Å². The van der Waals surface area contributed by atoms with Crippen LogP contribution in [-0.4, -0.2) is 28.9 Å². The van der Waals surface area contributed by atoms with Crippen LogP contribution in [-0.2, 0) is 9.59 Å². The third kappa shape index (κ3) is 3.72. The van der Waals surface area contributed by atoms with Crippen molar-refractivity contribution in [2.75, 3.05) is 12.0 Å². The molecule has 0 saturated carbocycles. The van der Waals surface area contributed by atoms with Gasteiger partial charge in [-0.2, -0.15) is 0 Å². The molecule has 1 N–H and O–H groups in total. The summed E-state index contributed by atoms with van der Waals surface area (Å²) in [5, 5.41) is 11.5. The van der Waals surface area contributed by atoms with Crippen LogP contribution < -0.4 is 9.64 Å². The highest BCUT2D eigenvalue weighted by Crippen LogP contribution is 2.43. The molecule has 1 saturated heterocycles. The smallest absolute Gasteiger partial charge is 0.300 e. The Bertz CT molecular complexity index is 1230. The number of ketones is 1. The minimum Gasteiger partial charge on any atom is -0.507 e. The number of nitrogens with zero attached hydrogens (tertiary/aromatic N) is 2. The van der Waals surface area contributed by atoms with Gasteiger partial charge in [0.15, 0.2) is 5.75 Å². The Kier molecular flexibility index (Phi) is 5.91. The van der Waals surface area contributed by atoms with Gasteiger partial charge in [0.05, 0.1) is 28.8 Å². The molecule has 3 aromatic rings. The van der Waals surface area contributed by atoms with Crippen molar-refractivity contribution >= 4 is 46.3 Å². The summed E-state index contributed by atoms with van der Waals surface area (Å²) in [6.07, 6.45) is 3.14. The average molecular weight is 469 g/mol. The van der Waals surface area contributed by atoms with Crippen LogP contribution in [0.25, 0.3) is 5.76 Å². The van der Waals surface area contributed by atoms with E-state index in [0.29, 0.717) is 11.3 Å². The van der Waals surface area contributed by atoms with Crippen LogP contribution in [0.4, 0.5) is 5.69 Å². The number of benzene rings is 2. The fourth-order valence-corrected chi connectivity index (χ4v) is 4.42. The Morgan fingerprint density at radius 3 is 2.41 bits per heavy atom. The first-order chi connectivity index (χ1) is 15.3. The van der Waals surface area contributed by atoms with E-state index in [1.807, 2.05) is 13.0 Å². The SMILES string of the molecule is COc1c(Cl)cc(/C(O)=C2\C(=O)C(=O)N(c3cccc(C)c3)C2c2cccnc2)cc1Cl. The summed E-state index contributed by atoms with van der Waals surface area (Å²) in [5.41, 5.74) is 2.13. The summed E-state index contributed by atoms with van der Waals surface area (Å²) in [6, 6.07) is 12.7. The first kappa shape index (κ1) is 21.9. The minimum absolute atomic E-state index is 0.0817. The van der Waals surface area contributed by atoms with Crippen molar-refractivity contribution in [2.24, 2.45) is 0 Å². The maximum atomic E-state index is 13.1. The van der Waals surface area contributed by atoms with Crippen molar-refractivity contribution in [1.29, 1.82) is 0 Å². The average Bonchev–Trinajstić information content (AvgIpc) is 3.04. The van der Waals surface area contributed by atoms with Gasteiger partial charge in [0.2, 0.25) is 0 Å². The number of pyridine rings is 1. The zero-order valence-electron chi connectivity index (χ0n) is 17.2. The number of aliphatic hydroxyl groups excluding tert-OH is 1. The van der Waals surface area contributed by atoms with E-state index in [1.165, 1.54) is 24.1 Å². The Labute approximate surface area is 194 Å². The van der Waals surface area contributed by atoms with Crippen LogP contribution in [0, 0.1) is 6.92 Å². The first-order valence-electron chi connectivity index (χ1n) is 9.64. The number of anilines is 1. The number of ether oxygens (including phenoxy) is 1. The molecule has 0 bridgehead atoms. The van der Waals surface area contributed by atoms with Crippen molar-refractivity contribution in [3.63, 3.8) is 0 Å². The first-order valence-corrected chi connectivity index (χ1v) is 10.4. The van der Waals surface area contributed by atoms with Gasteiger partial charge in [0.25, 0.3) is 11.7 Å². The number of amides is 1. The molecular formula is C24H18Cl2N2O4. The number of aromatic nitrogens is 1. The summed E-state index contributed by atoms with van der Waals surface area (Å²) in [6.45, 7) is 1.89. The lowest BCUT2D eigenvalue weighted by molar-refractivity contribution is -0.132. The number of hydrogen-bond acceptors (Lipinski definition) is 5. The van der Waals surface area contributed by atoms with Crippen molar-refractivity contribution in [2.45, 2.75) is 13.0 Å². The van der Waals surface area contributed by atoms with Gasteiger partial charge in [-0.1, -0.05) is 41.4 Å². The molecule has 162 valence electrons. The standard InChI is InChI=1S/C24H18Cl2N2O4/c1-13-5-3-7-16(9-13)28-20(14-6-4-8-27-12-14)19(22(30)24(28)31)21(29)15-10-17(25)23(32-2)18(26)11-15/h3-12,20,29H,1-2H3/b21-19+. The normalized spacial score (nSPS) is 17.6. The van der Waals surface area contributed by atoms with Gasteiger partial charge in [0, 0.05) is 23.6 Å². The molecule has 8 heteroatoms. The maximum absolute atomic E-state index is 13.1. The molecule has 1 aliphatic heterocycles. The maximum Gasteiger partial charge on any atom is 0.300 e. The van der Waals surface area contributed by atoms with Gasteiger partial charge in [-0.15, -0.1) is 0 Å². The Morgan fingerprint density at radius 1 is 1.09 bits per heavy atom. The zero-order chi connectivity index (χ0) is 23.0. The number of aliphatic hydroxyl groups is 1. The van der Waals surface area contributed by atoms with Crippen molar-refractivity contribution in [3.05, 3.63) is 93.2 Å². The van der Waals surface area contributed by atoms with Gasteiger partial charge in [0.1, 0.15) is 5.76 Å². The van der Waals surface area contributed by atoms with E-state index in [-0.39, 0.29) is 32.7 Å². The topological polar surface area (TPSA) is 79.7 Å². The molecule has 32 heavy (non-hydrogen) atoms. The molecule has 6 nitrogen and oxygen atoms in total. The van der Waals surface area contributed by atoms with Crippen molar-refractivity contribution in [3.8, 4) is 5.75 Å². The Hall–Kier alpha value is -3.35. The highest BCUT2D eigenvalue weighted by atomic mass is 35.5. The summed E-state index contributed by atoms with van der Waals surface area (Å²) >= 11 is 12.5. The molecule has 1 amide bonds. The molecular weight excluding hydrogens is 451 g/mol. The second kappa shape index (κ2) is 8.65. The van der Waals surface area contributed by atoms with Crippen LogP contribution in [0.2, 0.25) is 10.0 Å². The number of methoxy groups -OCH3 is 1. The van der Waals surface area contributed by atoms with E-state index in [4.69, 9.17) is 27.9 Å². The predicted molar refractivity (Wildman–Crippen MR) is 123 cm³/mol. The molecule has 0 spiro atoms. The minimum atomic E-state index is -0.884. The third-order valence-corrected chi connectivity index (χ3v) is 5.76. The fourth-order valence-electron chi connectivity index (χ4n) is 3.78. The van der Waals surface area contributed by atoms with Crippen molar-refractivity contribution in [1.82, 2.24) is 4.98 Å². The molecule has 1 unspecified atom stereocenters. The highest BCUT2D eigenvalue weighted by Gasteiger charge is 2.47. The van der Waals surface area contributed by atoms with Crippen LogP contribution in [0.1, 0.15) is 22.7 Å². The molecule has 1 aromatic heterocycles. The Balaban J connectivity index is 1.96. The molecule has 0 aliphatic carbocycles. The van der Waals surface area contributed by atoms with E-state index in [1.54, 1.807) is 42.7 Å². The summed E-state index contributed by atoms with van der Waals surface area (Å²) in [7, 11) is 1.42. The number of aryl methyl sites for hydroxylation is 1. The van der Waals surface area contributed by atoms with Crippen LogP contribution >= 0.6 is 23.2 Å². The number of rotatable bonds is 4. The lowest BCUT2D eigenvalue weighted by Gasteiger charge is -2.25. The molecule has 4 rings (SSSR count). The third-order valence-electron chi connectivity index (χ3n) is 5.20. The number of carbonyl (C=O) groups is 2. The summed E-state index contributed by atoms with van der Waals surface area (Å²) in [4.78, 5) is 31.8. The second-order valence-corrected chi connectivity index (χ2v) is 8.08. The molecule has 1 fully saturated rings. The molecule has 1 aliphatic rings. The number of carbonyl (C=O) groups excluding carboxylic acids is 2. The second-order valence-electron chi connectivity index (χ2n) is 7.27. The molecule has 0 radical (unpaired) electrons. The van der Waals surface area contributed by atoms with Crippen LogP contribution in [0.3, 0.4) is 0 Å². The van der Waals surface area contributed by atoms with Gasteiger partial charge in [-0.3, -0.25) is 19.5 Å². The quantitative estimate of drug-likeness (QED) is 0.317. The van der Waals surface area contributed by atoms with Gasteiger partial charge < -0.3 is 9.84 Å². The predicted octanol–water partition coefficient (Wildman–Crippen LogP) is 5.33. The van der Waals surface area contributed by atoms with E-state index < -0.39 is 17.7 Å². The van der Waals surface area contributed by atoms with Crippen LogP contribution in [0.15, 0.2) is 66.5 Å². The van der Waals surface area contributed by atoms with Crippen LogP contribution in [0.5, 0.6) is 5.75 Å². The summed E-state index contributed by atoms with van der Waals surface area (Å²) in [5.74, 6) is -1.72. The van der Waals surface area contributed by atoms with E-state index in [2.05, 4.69) is 4.98 Å². The number of halogens is 2.